The fraction of sp³-hybridized carbons (Fsp3) is 0.226. The van der Waals surface area contributed by atoms with Crippen molar-refractivity contribution >= 4 is 10.8 Å². The Hall–Kier alpha value is -3.37. The first-order valence-electron chi connectivity index (χ1n) is 11.6. The summed E-state index contributed by atoms with van der Waals surface area (Å²) in [5, 5.41) is 1.50. The van der Waals surface area contributed by atoms with Gasteiger partial charge in [-0.2, -0.15) is 0 Å². The third-order valence-electron chi connectivity index (χ3n) is 6.01. The molecule has 0 nitrogen and oxygen atoms in total. The van der Waals surface area contributed by atoms with Crippen LogP contribution in [-0.4, -0.2) is 0 Å². The van der Waals surface area contributed by atoms with Crippen LogP contribution in [0.1, 0.15) is 55.4 Å². The Balaban J connectivity index is 1.56. The van der Waals surface area contributed by atoms with Crippen molar-refractivity contribution < 1.29 is 4.39 Å². The van der Waals surface area contributed by atoms with Crippen molar-refractivity contribution in [3.63, 3.8) is 0 Å². The molecule has 0 fully saturated rings. The van der Waals surface area contributed by atoms with Crippen LogP contribution in [0.25, 0.3) is 21.9 Å². The van der Waals surface area contributed by atoms with Gasteiger partial charge < -0.3 is 0 Å². The van der Waals surface area contributed by atoms with E-state index in [0.717, 1.165) is 34.9 Å². The van der Waals surface area contributed by atoms with E-state index in [0.29, 0.717) is 10.9 Å². The van der Waals surface area contributed by atoms with E-state index in [1.807, 2.05) is 30.3 Å². The second kappa shape index (κ2) is 10.3. The maximum atomic E-state index is 15.1. The molecule has 4 rings (SSSR count). The Morgan fingerprint density at radius 1 is 0.688 bits per heavy atom. The Morgan fingerprint density at radius 3 is 2.12 bits per heavy atom. The van der Waals surface area contributed by atoms with E-state index in [1.54, 1.807) is 6.07 Å². The number of rotatable bonds is 6. The maximum Gasteiger partial charge on any atom is 0.146 e. The fourth-order valence-corrected chi connectivity index (χ4v) is 3.97. The van der Waals surface area contributed by atoms with Gasteiger partial charge >= 0.3 is 0 Å². The molecule has 0 aliphatic rings. The van der Waals surface area contributed by atoms with Crippen molar-refractivity contribution in [3.05, 3.63) is 107 Å². The number of fused-ring (bicyclic) bond motifs is 1. The molecule has 0 atom stereocenters. The number of unbranched alkanes of at least 4 members (excludes halogenated alkanes) is 2. The topological polar surface area (TPSA) is 0 Å². The monoisotopic (exact) mass is 420 g/mol. The molecule has 0 unspecified atom stereocenters. The summed E-state index contributed by atoms with van der Waals surface area (Å²) >= 11 is 0. The molecule has 0 radical (unpaired) electrons. The van der Waals surface area contributed by atoms with Crippen LogP contribution in [0.15, 0.2) is 78.9 Å². The lowest BCUT2D eigenvalue weighted by Crippen LogP contribution is -1.89. The van der Waals surface area contributed by atoms with Crippen LogP contribution in [-0.2, 0) is 12.8 Å². The van der Waals surface area contributed by atoms with Crippen LogP contribution in [0.5, 0.6) is 0 Å². The highest BCUT2D eigenvalue weighted by atomic mass is 19.1. The molecule has 0 bridgehead atoms. The van der Waals surface area contributed by atoms with E-state index >= 15 is 4.39 Å². The number of aryl methyl sites for hydroxylation is 2. The summed E-state index contributed by atoms with van der Waals surface area (Å²) in [4.78, 5) is 0. The first-order chi connectivity index (χ1) is 15.7. The number of benzene rings is 4. The van der Waals surface area contributed by atoms with Gasteiger partial charge in [-0.3, -0.25) is 0 Å². The zero-order valence-corrected chi connectivity index (χ0v) is 18.9. The van der Waals surface area contributed by atoms with Crippen molar-refractivity contribution in [3.8, 4) is 23.0 Å². The Labute approximate surface area is 191 Å². The largest absolute Gasteiger partial charge is 0.205 e. The van der Waals surface area contributed by atoms with Gasteiger partial charge in [0, 0.05) is 10.9 Å². The van der Waals surface area contributed by atoms with Gasteiger partial charge in [0.05, 0.1) is 5.56 Å². The van der Waals surface area contributed by atoms with E-state index < -0.39 is 0 Å². The molecule has 0 saturated heterocycles. The molecule has 0 N–H and O–H groups in total. The molecule has 0 aliphatic carbocycles. The minimum absolute atomic E-state index is 0.252. The lowest BCUT2D eigenvalue weighted by Gasteiger charge is -2.08. The number of halogens is 1. The van der Waals surface area contributed by atoms with Gasteiger partial charge in [-0.15, -0.1) is 0 Å². The van der Waals surface area contributed by atoms with Crippen molar-refractivity contribution in [2.24, 2.45) is 0 Å². The second-order valence-corrected chi connectivity index (χ2v) is 8.32. The zero-order valence-electron chi connectivity index (χ0n) is 18.9. The number of hydrogen-bond acceptors (Lipinski definition) is 0. The summed E-state index contributed by atoms with van der Waals surface area (Å²) in [5.41, 5.74) is 6.24. The van der Waals surface area contributed by atoms with E-state index in [1.165, 1.54) is 30.4 Å². The highest BCUT2D eigenvalue weighted by Crippen LogP contribution is 2.28. The molecule has 0 aliphatic heterocycles. The van der Waals surface area contributed by atoms with E-state index in [-0.39, 0.29) is 5.82 Å². The molecular formula is C31H29F. The normalized spacial score (nSPS) is 10.7. The summed E-state index contributed by atoms with van der Waals surface area (Å²) in [5.74, 6) is 5.84. The predicted octanol–water partition coefficient (Wildman–Crippen LogP) is 8.34. The molecule has 0 heterocycles. The molecule has 0 aromatic heterocycles. The highest BCUT2D eigenvalue weighted by Gasteiger charge is 2.08. The number of hydrogen-bond donors (Lipinski definition) is 0. The molecular weight excluding hydrogens is 391 g/mol. The van der Waals surface area contributed by atoms with E-state index in [2.05, 4.69) is 68.2 Å². The molecule has 0 saturated carbocycles. The van der Waals surface area contributed by atoms with Crippen LogP contribution >= 0.6 is 0 Å². The Bertz CT molecular complexity index is 1250. The summed E-state index contributed by atoms with van der Waals surface area (Å²) in [7, 11) is 0. The zero-order chi connectivity index (χ0) is 22.3. The smallest absolute Gasteiger partial charge is 0.146 e. The van der Waals surface area contributed by atoms with Crippen LogP contribution < -0.4 is 0 Å². The first kappa shape index (κ1) is 21.8. The van der Waals surface area contributed by atoms with Crippen molar-refractivity contribution in [1.29, 1.82) is 0 Å². The van der Waals surface area contributed by atoms with Crippen LogP contribution in [0.4, 0.5) is 4.39 Å². The fourth-order valence-electron chi connectivity index (χ4n) is 3.97. The molecule has 0 spiro atoms. The highest BCUT2D eigenvalue weighted by molar-refractivity contribution is 5.89. The molecule has 160 valence electrons. The summed E-state index contributed by atoms with van der Waals surface area (Å²) < 4.78 is 15.1. The van der Waals surface area contributed by atoms with Crippen molar-refractivity contribution in [2.45, 2.75) is 46.0 Å². The maximum absolute atomic E-state index is 15.1. The summed E-state index contributed by atoms with van der Waals surface area (Å²) in [6.07, 6.45) is 5.88. The Kier molecular flexibility index (Phi) is 7.03. The van der Waals surface area contributed by atoms with Gasteiger partial charge in [-0.25, -0.2) is 4.39 Å². The molecule has 4 aromatic rings. The van der Waals surface area contributed by atoms with Gasteiger partial charge in [0.15, 0.2) is 0 Å². The average molecular weight is 421 g/mol. The Morgan fingerprint density at radius 2 is 1.41 bits per heavy atom. The third kappa shape index (κ3) is 5.09. The van der Waals surface area contributed by atoms with Gasteiger partial charge in [0.1, 0.15) is 5.82 Å². The first-order valence-corrected chi connectivity index (χ1v) is 11.6. The van der Waals surface area contributed by atoms with E-state index in [9.17, 15) is 0 Å². The van der Waals surface area contributed by atoms with Crippen LogP contribution in [0.2, 0.25) is 0 Å². The summed E-state index contributed by atoms with van der Waals surface area (Å²) in [6, 6.07) is 26.6. The minimum atomic E-state index is -0.252. The van der Waals surface area contributed by atoms with Crippen molar-refractivity contribution in [2.75, 3.05) is 0 Å². The van der Waals surface area contributed by atoms with Crippen LogP contribution in [0.3, 0.4) is 0 Å². The minimum Gasteiger partial charge on any atom is -0.205 e. The lowest BCUT2D eigenvalue weighted by molar-refractivity contribution is 0.636. The van der Waals surface area contributed by atoms with Gasteiger partial charge in [0.25, 0.3) is 0 Å². The van der Waals surface area contributed by atoms with Gasteiger partial charge in [-0.05, 0) is 71.2 Å². The summed E-state index contributed by atoms with van der Waals surface area (Å²) in [6.45, 7) is 4.35. The predicted molar refractivity (Wildman–Crippen MR) is 134 cm³/mol. The van der Waals surface area contributed by atoms with E-state index in [4.69, 9.17) is 0 Å². The second-order valence-electron chi connectivity index (χ2n) is 8.32. The lowest BCUT2D eigenvalue weighted by atomic mass is 9.98. The van der Waals surface area contributed by atoms with Crippen LogP contribution in [0, 0.1) is 17.7 Å². The standard InChI is InChI=1S/C31H29F/c1-3-5-6-7-24-12-15-26(16-13-24)28-20-21-30-29(22-28)19-18-27(31(30)32)17-14-25-10-8-23(4-2)9-11-25/h8-13,15-16,18-22H,3-7H2,1-2H3. The van der Waals surface area contributed by atoms with Gasteiger partial charge in [-0.1, -0.05) is 93.1 Å². The molecule has 4 aromatic carbocycles. The molecule has 1 heteroatoms. The third-order valence-corrected chi connectivity index (χ3v) is 6.01. The average Bonchev–Trinajstić information content (AvgIpc) is 2.84. The SMILES string of the molecule is CCCCCc1ccc(-c2ccc3c(F)c(C#Cc4ccc(CC)cc4)ccc3c2)cc1. The van der Waals surface area contributed by atoms with Gasteiger partial charge in [0.2, 0.25) is 0 Å². The molecule has 32 heavy (non-hydrogen) atoms. The van der Waals surface area contributed by atoms with Crippen molar-refractivity contribution in [1.82, 2.24) is 0 Å². The quantitative estimate of drug-likeness (QED) is 0.217. The molecule has 0 amide bonds.